The van der Waals surface area contributed by atoms with Crippen LogP contribution in [0.5, 0.6) is 0 Å². The van der Waals surface area contributed by atoms with Crippen LogP contribution in [0.25, 0.3) is 0 Å². The van der Waals surface area contributed by atoms with Crippen molar-refractivity contribution in [2.24, 2.45) is 5.73 Å². The molecular formula is C8H14N2O2. The Morgan fingerprint density at radius 1 is 1.83 bits per heavy atom. The second-order valence-corrected chi connectivity index (χ2v) is 3.24. The molecule has 4 heteroatoms. The Balaban J connectivity index is 2.54. The van der Waals surface area contributed by atoms with E-state index in [9.17, 15) is 4.79 Å². The Hall–Kier alpha value is -0.870. The van der Waals surface area contributed by atoms with Gasteiger partial charge in [-0.1, -0.05) is 6.08 Å². The van der Waals surface area contributed by atoms with Crippen molar-refractivity contribution in [1.29, 1.82) is 0 Å². The topological polar surface area (TPSA) is 66.6 Å². The summed E-state index contributed by atoms with van der Waals surface area (Å²) in [7, 11) is 0. The molecule has 1 rings (SSSR count). The maximum atomic E-state index is 10.7. The number of carbonyl (C=O) groups is 1. The van der Waals surface area contributed by atoms with Crippen LogP contribution in [0.2, 0.25) is 0 Å². The quantitative estimate of drug-likeness (QED) is 0.569. The lowest BCUT2D eigenvalue weighted by Crippen LogP contribution is -2.50. The van der Waals surface area contributed by atoms with Crippen LogP contribution in [0, 0.1) is 0 Å². The van der Waals surface area contributed by atoms with Crippen LogP contribution in [0.3, 0.4) is 0 Å². The molecule has 1 unspecified atom stereocenters. The Labute approximate surface area is 71.7 Å². The zero-order valence-electron chi connectivity index (χ0n) is 6.99. The van der Waals surface area contributed by atoms with Gasteiger partial charge in [0.2, 0.25) is 0 Å². The normalized spacial score (nSPS) is 30.4. The summed E-state index contributed by atoms with van der Waals surface area (Å²) in [6.45, 7) is 5.47. The lowest BCUT2D eigenvalue weighted by atomic mass is 10.0. The molecule has 1 fully saturated rings. The maximum Gasteiger partial charge on any atom is 0.325 e. The number of carboxylic acids is 1. The zero-order valence-corrected chi connectivity index (χ0v) is 6.99. The number of carboxylic acid groups (broad SMARTS) is 1. The van der Waals surface area contributed by atoms with E-state index in [-0.39, 0.29) is 0 Å². The first-order valence-electron chi connectivity index (χ1n) is 3.94. The van der Waals surface area contributed by atoms with E-state index in [1.807, 2.05) is 4.90 Å². The summed E-state index contributed by atoms with van der Waals surface area (Å²) in [6, 6.07) is 0. The number of hydrogen-bond donors (Lipinski definition) is 2. The third kappa shape index (κ3) is 1.65. The highest BCUT2D eigenvalue weighted by Gasteiger charge is 2.40. The molecule has 4 nitrogen and oxygen atoms in total. The standard InChI is InChI=1S/C8H14N2O2/c1-2-4-10-5-3-8(9,6-10)7(11)12/h2H,1,3-6,9H2,(H,11,12). The average molecular weight is 170 g/mol. The van der Waals surface area contributed by atoms with Crippen LogP contribution < -0.4 is 5.73 Å². The number of likely N-dealkylation sites (tertiary alicyclic amines) is 1. The third-order valence-corrected chi connectivity index (χ3v) is 2.19. The summed E-state index contributed by atoms with van der Waals surface area (Å²) in [5.41, 5.74) is 4.61. The van der Waals surface area contributed by atoms with Crippen LogP contribution in [0.4, 0.5) is 0 Å². The Morgan fingerprint density at radius 2 is 2.50 bits per heavy atom. The molecule has 1 atom stereocenters. The van der Waals surface area contributed by atoms with Crippen molar-refractivity contribution in [3.8, 4) is 0 Å². The van der Waals surface area contributed by atoms with Gasteiger partial charge in [0.15, 0.2) is 0 Å². The summed E-state index contributed by atoms with van der Waals surface area (Å²) in [5.74, 6) is -0.908. The van der Waals surface area contributed by atoms with Crippen molar-refractivity contribution in [1.82, 2.24) is 4.90 Å². The van der Waals surface area contributed by atoms with Crippen LogP contribution >= 0.6 is 0 Å². The number of nitrogens with zero attached hydrogens (tertiary/aromatic N) is 1. The molecule has 0 amide bonds. The Kier molecular flexibility index (Phi) is 2.49. The number of rotatable bonds is 3. The minimum absolute atomic E-state index is 0.425. The van der Waals surface area contributed by atoms with E-state index < -0.39 is 11.5 Å². The first-order valence-corrected chi connectivity index (χ1v) is 3.94. The van der Waals surface area contributed by atoms with Crippen LogP contribution in [0.15, 0.2) is 12.7 Å². The molecule has 0 aromatic carbocycles. The Morgan fingerprint density at radius 3 is 2.92 bits per heavy atom. The second-order valence-electron chi connectivity index (χ2n) is 3.24. The number of aliphatic carboxylic acids is 1. The highest BCUT2D eigenvalue weighted by atomic mass is 16.4. The van der Waals surface area contributed by atoms with Gasteiger partial charge in [-0.25, -0.2) is 0 Å². The van der Waals surface area contributed by atoms with E-state index in [0.29, 0.717) is 19.5 Å². The first-order chi connectivity index (χ1) is 5.58. The van der Waals surface area contributed by atoms with E-state index in [0.717, 1.165) is 6.54 Å². The molecule has 0 aliphatic carbocycles. The minimum atomic E-state index is -1.04. The fourth-order valence-electron chi connectivity index (χ4n) is 1.43. The molecule has 0 aromatic heterocycles. The van der Waals surface area contributed by atoms with E-state index in [1.54, 1.807) is 6.08 Å². The molecule has 0 radical (unpaired) electrons. The van der Waals surface area contributed by atoms with Gasteiger partial charge in [0.25, 0.3) is 0 Å². The van der Waals surface area contributed by atoms with Gasteiger partial charge in [0.1, 0.15) is 5.54 Å². The van der Waals surface area contributed by atoms with Crippen molar-refractivity contribution in [3.63, 3.8) is 0 Å². The molecule has 0 saturated carbocycles. The fourth-order valence-corrected chi connectivity index (χ4v) is 1.43. The van der Waals surface area contributed by atoms with Gasteiger partial charge in [-0.2, -0.15) is 0 Å². The van der Waals surface area contributed by atoms with Crippen molar-refractivity contribution in [3.05, 3.63) is 12.7 Å². The van der Waals surface area contributed by atoms with Gasteiger partial charge >= 0.3 is 5.97 Å². The van der Waals surface area contributed by atoms with E-state index >= 15 is 0 Å². The van der Waals surface area contributed by atoms with Gasteiger partial charge in [0, 0.05) is 19.6 Å². The first kappa shape index (κ1) is 9.22. The predicted molar refractivity (Wildman–Crippen MR) is 45.8 cm³/mol. The molecule has 1 aliphatic heterocycles. The lowest BCUT2D eigenvalue weighted by Gasteiger charge is -2.18. The Bertz CT molecular complexity index is 205. The summed E-state index contributed by atoms with van der Waals surface area (Å²) >= 11 is 0. The molecule has 3 N–H and O–H groups in total. The van der Waals surface area contributed by atoms with Crippen molar-refractivity contribution in [2.45, 2.75) is 12.0 Å². The van der Waals surface area contributed by atoms with Crippen molar-refractivity contribution >= 4 is 5.97 Å². The summed E-state index contributed by atoms with van der Waals surface area (Å²) < 4.78 is 0. The van der Waals surface area contributed by atoms with Crippen molar-refractivity contribution < 1.29 is 9.90 Å². The average Bonchev–Trinajstić information content (AvgIpc) is 2.34. The van der Waals surface area contributed by atoms with E-state index in [2.05, 4.69) is 6.58 Å². The molecule has 1 aliphatic rings. The molecule has 0 bridgehead atoms. The van der Waals surface area contributed by atoms with E-state index in [4.69, 9.17) is 10.8 Å². The fraction of sp³-hybridized carbons (Fsp3) is 0.625. The lowest BCUT2D eigenvalue weighted by molar-refractivity contribution is -0.142. The molecule has 0 aromatic rings. The molecular weight excluding hydrogens is 156 g/mol. The predicted octanol–water partition coefficient (Wildman–Crippen LogP) is -0.340. The van der Waals surface area contributed by atoms with Gasteiger partial charge in [0.05, 0.1) is 0 Å². The smallest absolute Gasteiger partial charge is 0.325 e. The zero-order chi connectivity index (χ0) is 9.19. The van der Waals surface area contributed by atoms with Gasteiger partial charge in [-0.15, -0.1) is 6.58 Å². The SMILES string of the molecule is C=CCN1CCC(N)(C(=O)O)C1. The third-order valence-electron chi connectivity index (χ3n) is 2.19. The van der Waals surface area contributed by atoms with Gasteiger partial charge in [-0.3, -0.25) is 9.69 Å². The number of nitrogens with two attached hydrogens (primary N) is 1. The largest absolute Gasteiger partial charge is 0.480 e. The highest BCUT2D eigenvalue weighted by molar-refractivity contribution is 5.79. The van der Waals surface area contributed by atoms with Crippen LogP contribution in [-0.4, -0.2) is 41.1 Å². The molecule has 1 saturated heterocycles. The second kappa shape index (κ2) is 3.25. The maximum absolute atomic E-state index is 10.7. The van der Waals surface area contributed by atoms with Crippen molar-refractivity contribution in [2.75, 3.05) is 19.6 Å². The summed E-state index contributed by atoms with van der Waals surface area (Å²) in [6.07, 6.45) is 2.28. The van der Waals surface area contributed by atoms with Gasteiger partial charge < -0.3 is 10.8 Å². The highest BCUT2D eigenvalue weighted by Crippen LogP contribution is 2.18. The monoisotopic (exact) mass is 170 g/mol. The molecule has 0 spiro atoms. The summed E-state index contributed by atoms with van der Waals surface area (Å²) in [4.78, 5) is 12.7. The van der Waals surface area contributed by atoms with E-state index in [1.165, 1.54) is 0 Å². The van der Waals surface area contributed by atoms with Crippen LogP contribution in [-0.2, 0) is 4.79 Å². The molecule has 68 valence electrons. The van der Waals surface area contributed by atoms with Crippen LogP contribution in [0.1, 0.15) is 6.42 Å². The minimum Gasteiger partial charge on any atom is -0.480 e. The summed E-state index contributed by atoms with van der Waals surface area (Å²) in [5, 5.41) is 8.78. The van der Waals surface area contributed by atoms with Gasteiger partial charge in [-0.05, 0) is 6.42 Å². The number of hydrogen-bond acceptors (Lipinski definition) is 3. The molecule has 1 heterocycles. The molecule has 12 heavy (non-hydrogen) atoms.